The second-order valence-electron chi connectivity index (χ2n) is 7.11. The fourth-order valence-corrected chi connectivity index (χ4v) is 4.69. The zero-order valence-electron chi connectivity index (χ0n) is 14.4. The molecule has 0 radical (unpaired) electrons. The normalized spacial score (nSPS) is 20.8. The van der Waals surface area contributed by atoms with Crippen molar-refractivity contribution in [1.82, 2.24) is 20.2 Å². The maximum atomic E-state index is 11.8. The molecule has 6 nitrogen and oxygen atoms in total. The molecule has 4 heterocycles. The van der Waals surface area contributed by atoms with Gasteiger partial charge >= 0.3 is 6.03 Å². The maximum Gasteiger partial charge on any atom is 0.317 e. The van der Waals surface area contributed by atoms with E-state index in [0.29, 0.717) is 5.92 Å². The zero-order chi connectivity index (χ0) is 16.8. The zero-order valence-corrected chi connectivity index (χ0v) is 15.2. The molecule has 0 spiro atoms. The van der Waals surface area contributed by atoms with Crippen LogP contribution in [0.3, 0.4) is 0 Å². The highest BCUT2D eigenvalue weighted by Crippen LogP contribution is 2.34. The number of piperazine rings is 1. The van der Waals surface area contributed by atoms with Gasteiger partial charge in [-0.1, -0.05) is 13.8 Å². The number of anilines is 1. The van der Waals surface area contributed by atoms with Gasteiger partial charge in [0.05, 0.1) is 11.4 Å². The summed E-state index contributed by atoms with van der Waals surface area (Å²) in [5.74, 6) is 2.47. The number of thiophene rings is 1. The third-order valence-corrected chi connectivity index (χ3v) is 5.68. The average molecular weight is 345 g/mol. The quantitative estimate of drug-likeness (QED) is 0.928. The Morgan fingerprint density at radius 1 is 1.38 bits per heavy atom. The van der Waals surface area contributed by atoms with Crippen molar-refractivity contribution in [3.8, 4) is 0 Å². The summed E-state index contributed by atoms with van der Waals surface area (Å²) in [6, 6.07) is 0.309. The van der Waals surface area contributed by atoms with Crippen molar-refractivity contribution in [3.63, 3.8) is 0 Å². The minimum Gasteiger partial charge on any atom is -0.352 e. The van der Waals surface area contributed by atoms with Crippen LogP contribution in [0.1, 0.15) is 25.2 Å². The van der Waals surface area contributed by atoms with Crippen molar-refractivity contribution < 1.29 is 4.79 Å². The molecule has 2 aromatic heterocycles. The van der Waals surface area contributed by atoms with E-state index in [1.807, 2.05) is 11.8 Å². The molecule has 1 atom stereocenters. The first-order valence-electron chi connectivity index (χ1n) is 8.57. The summed E-state index contributed by atoms with van der Waals surface area (Å²) in [6.45, 7) is 9.59. The van der Waals surface area contributed by atoms with E-state index < -0.39 is 0 Å². The summed E-state index contributed by atoms with van der Waals surface area (Å²) < 4.78 is 0. The second kappa shape index (κ2) is 5.88. The molecule has 2 aromatic rings. The average Bonchev–Trinajstić information content (AvgIpc) is 3.10. The number of hydrogen-bond acceptors (Lipinski definition) is 5. The monoisotopic (exact) mass is 345 g/mol. The van der Waals surface area contributed by atoms with E-state index >= 15 is 0 Å². The molecule has 128 valence electrons. The van der Waals surface area contributed by atoms with E-state index in [1.165, 1.54) is 10.9 Å². The van der Waals surface area contributed by atoms with Gasteiger partial charge < -0.3 is 15.1 Å². The van der Waals surface area contributed by atoms with Crippen molar-refractivity contribution in [2.24, 2.45) is 5.92 Å². The predicted molar refractivity (Wildman–Crippen MR) is 96.8 cm³/mol. The number of amides is 2. The largest absolute Gasteiger partial charge is 0.352 e. The SMILES string of the molecule is Cc1nc(N2CCN3C(=O)NC[C@@H]3C2)c2c(CC(C)C)csc2n1. The summed E-state index contributed by atoms with van der Waals surface area (Å²) in [4.78, 5) is 26.6. The van der Waals surface area contributed by atoms with Gasteiger partial charge in [0, 0.05) is 26.2 Å². The van der Waals surface area contributed by atoms with Gasteiger partial charge in [-0.15, -0.1) is 11.3 Å². The van der Waals surface area contributed by atoms with Crippen molar-refractivity contribution in [2.75, 3.05) is 31.1 Å². The summed E-state index contributed by atoms with van der Waals surface area (Å²) in [6.07, 6.45) is 1.04. The Bertz CT molecular complexity index is 787. The molecule has 2 aliphatic heterocycles. The Balaban J connectivity index is 1.73. The molecule has 2 aliphatic rings. The Morgan fingerprint density at radius 2 is 2.21 bits per heavy atom. The number of urea groups is 1. The molecule has 0 aromatic carbocycles. The molecule has 2 saturated heterocycles. The van der Waals surface area contributed by atoms with Gasteiger partial charge in [0.2, 0.25) is 0 Å². The minimum absolute atomic E-state index is 0.0692. The molecule has 0 saturated carbocycles. The molecule has 4 rings (SSSR count). The highest BCUT2D eigenvalue weighted by molar-refractivity contribution is 7.17. The lowest BCUT2D eigenvalue weighted by molar-refractivity contribution is 0.197. The van der Waals surface area contributed by atoms with E-state index in [4.69, 9.17) is 4.98 Å². The summed E-state index contributed by atoms with van der Waals surface area (Å²) >= 11 is 1.71. The minimum atomic E-state index is 0.0692. The Labute approximate surface area is 145 Å². The first-order valence-corrected chi connectivity index (χ1v) is 9.45. The number of fused-ring (bicyclic) bond motifs is 2. The molecule has 2 fully saturated rings. The van der Waals surface area contributed by atoms with Crippen LogP contribution >= 0.6 is 11.3 Å². The number of aryl methyl sites for hydroxylation is 1. The summed E-state index contributed by atoms with van der Waals surface area (Å²) in [7, 11) is 0. The van der Waals surface area contributed by atoms with E-state index in [0.717, 1.165) is 49.1 Å². The number of aromatic nitrogens is 2. The lowest BCUT2D eigenvalue weighted by Gasteiger charge is -2.37. The molecule has 0 bridgehead atoms. The Hall–Kier alpha value is -1.89. The Kier molecular flexibility index (Phi) is 3.83. The van der Waals surface area contributed by atoms with Gasteiger partial charge in [-0.3, -0.25) is 0 Å². The van der Waals surface area contributed by atoms with Gasteiger partial charge in [-0.05, 0) is 30.2 Å². The first-order chi connectivity index (χ1) is 11.5. The van der Waals surface area contributed by atoms with Crippen LogP contribution in [0.25, 0.3) is 10.2 Å². The van der Waals surface area contributed by atoms with Crippen molar-refractivity contribution in [3.05, 3.63) is 16.8 Å². The number of carbonyl (C=O) groups excluding carboxylic acids is 1. The lowest BCUT2D eigenvalue weighted by atomic mass is 10.0. The van der Waals surface area contributed by atoms with Gasteiger partial charge in [-0.2, -0.15) is 0 Å². The highest BCUT2D eigenvalue weighted by atomic mass is 32.1. The number of nitrogens with zero attached hydrogens (tertiary/aromatic N) is 4. The van der Waals surface area contributed by atoms with Crippen LogP contribution in [0.5, 0.6) is 0 Å². The Morgan fingerprint density at radius 3 is 3.00 bits per heavy atom. The van der Waals surface area contributed by atoms with Crippen LogP contribution in [-0.4, -0.2) is 53.1 Å². The van der Waals surface area contributed by atoms with E-state index in [9.17, 15) is 4.79 Å². The van der Waals surface area contributed by atoms with Gasteiger partial charge in [0.15, 0.2) is 0 Å². The maximum absolute atomic E-state index is 11.8. The standard InChI is InChI=1S/C17H23N5OS/c1-10(2)6-12-9-24-16-14(12)15(19-11(3)20-16)21-4-5-22-13(8-21)7-18-17(22)23/h9-10,13H,4-8H2,1-3H3,(H,18,23)/t13-/m1/s1. The van der Waals surface area contributed by atoms with Gasteiger partial charge in [0.1, 0.15) is 16.5 Å². The van der Waals surface area contributed by atoms with Crippen LogP contribution in [0.2, 0.25) is 0 Å². The molecule has 1 N–H and O–H groups in total. The van der Waals surface area contributed by atoms with E-state index in [2.05, 4.69) is 34.4 Å². The van der Waals surface area contributed by atoms with Crippen LogP contribution < -0.4 is 10.2 Å². The molecule has 7 heteroatoms. The summed E-state index contributed by atoms with van der Waals surface area (Å²) in [5.41, 5.74) is 1.35. The second-order valence-corrected chi connectivity index (χ2v) is 7.97. The number of carbonyl (C=O) groups is 1. The van der Waals surface area contributed by atoms with Gasteiger partial charge in [0.25, 0.3) is 0 Å². The van der Waals surface area contributed by atoms with Gasteiger partial charge in [-0.25, -0.2) is 14.8 Å². The molecule has 2 amide bonds. The van der Waals surface area contributed by atoms with Crippen LogP contribution in [0.4, 0.5) is 10.6 Å². The lowest BCUT2D eigenvalue weighted by Crippen LogP contribution is -2.52. The number of hydrogen-bond donors (Lipinski definition) is 1. The van der Waals surface area contributed by atoms with E-state index in [1.54, 1.807) is 11.3 Å². The topological polar surface area (TPSA) is 61.4 Å². The van der Waals surface area contributed by atoms with Crippen LogP contribution in [-0.2, 0) is 6.42 Å². The first kappa shape index (κ1) is 15.6. The van der Waals surface area contributed by atoms with Crippen molar-refractivity contribution >= 4 is 33.4 Å². The predicted octanol–water partition coefficient (Wildman–Crippen LogP) is 2.41. The van der Waals surface area contributed by atoms with Crippen molar-refractivity contribution in [2.45, 2.75) is 33.2 Å². The van der Waals surface area contributed by atoms with Crippen LogP contribution in [0, 0.1) is 12.8 Å². The highest BCUT2D eigenvalue weighted by Gasteiger charge is 2.36. The molecular formula is C17H23N5OS. The molecule has 0 unspecified atom stereocenters. The fourth-order valence-electron chi connectivity index (χ4n) is 3.70. The molecule has 0 aliphatic carbocycles. The fraction of sp³-hybridized carbons (Fsp3) is 0.588. The third-order valence-electron chi connectivity index (χ3n) is 4.76. The van der Waals surface area contributed by atoms with Crippen LogP contribution in [0.15, 0.2) is 5.38 Å². The number of rotatable bonds is 3. The molecule has 24 heavy (non-hydrogen) atoms. The van der Waals surface area contributed by atoms with Crippen molar-refractivity contribution in [1.29, 1.82) is 0 Å². The number of nitrogens with one attached hydrogen (secondary N) is 1. The smallest absolute Gasteiger partial charge is 0.317 e. The molecular weight excluding hydrogens is 322 g/mol. The van der Waals surface area contributed by atoms with E-state index in [-0.39, 0.29) is 12.1 Å². The summed E-state index contributed by atoms with van der Waals surface area (Å²) in [5, 5.41) is 6.39. The third kappa shape index (κ3) is 2.60.